The van der Waals surface area contributed by atoms with Crippen LogP contribution >= 0.6 is 0 Å². The first-order valence-corrected chi connectivity index (χ1v) is 26.9. The summed E-state index contributed by atoms with van der Waals surface area (Å²) >= 11 is 0. The van der Waals surface area contributed by atoms with E-state index < -0.39 is 277 Å². The van der Waals surface area contributed by atoms with Crippen molar-refractivity contribution in [3.63, 3.8) is 0 Å². The molecule has 0 amide bonds. The van der Waals surface area contributed by atoms with Gasteiger partial charge in [0, 0.05) is 8.80 Å². The van der Waals surface area contributed by atoms with Gasteiger partial charge in [-0.1, -0.05) is 38.9 Å². The van der Waals surface area contributed by atoms with Crippen LogP contribution in [0.4, 0.5) is 176 Å². The lowest BCUT2D eigenvalue weighted by Gasteiger charge is -2.11. The summed E-state index contributed by atoms with van der Waals surface area (Å²) in [5.41, 5.74) is -18.1. The molecular formula is C54H18BF40O2Si. The van der Waals surface area contributed by atoms with Crippen LogP contribution in [0.25, 0.3) is 44.5 Å². The number of halogens is 40. The van der Waals surface area contributed by atoms with Gasteiger partial charge in [-0.3, -0.25) is 0 Å². The molecule has 8 rings (SSSR count). The average molecular weight is 1500 g/mol. The molecule has 44 heteroatoms. The standard InChI is InChI=1S/4C12F10.C6H16Si.BH2O2/c4*13-3-1(4(14)8(18)11(21)7(3)17)2-5(15)9(19)12(22)10(20)6(2)16;1-4-7(5-2)6-3;2-1-3/h;;;;7H,4-6H2,1-3H3;2-3H. The molecule has 0 aliphatic rings. The van der Waals surface area contributed by atoms with Crippen molar-refractivity contribution in [1.82, 2.24) is 0 Å². The third kappa shape index (κ3) is 15.4. The Hall–Kier alpha value is -8.84. The maximum Gasteiger partial charge on any atom is 0.482 e. The van der Waals surface area contributed by atoms with Crippen LogP contribution in [0.1, 0.15) is 20.8 Å². The Morgan fingerprint density at radius 2 is 0.204 bits per heavy atom. The lowest BCUT2D eigenvalue weighted by atomic mass is 10.0. The topological polar surface area (TPSA) is 40.5 Å². The summed E-state index contributed by atoms with van der Waals surface area (Å²) in [4.78, 5) is 0. The van der Waals surface area contributed by atoms with E-state index in [1.54, 1.807) is 0 Å². The Labute approximate surface area is 517 Å². The van der Waals surface area contributed by atoms with Crippen molar-refractivity contribution in [3.05, 3.63) is 233 Å². The molecule has 0 atom stereocenters. The van der Waals surface area contributed by atoms with Gasteiger partial charge >= 0.3 is 7.69 Å². The summed E-state index contributed by atoms with van der Waals surface area (Å²) in [6.45, 7) is 6.97. The van der Waals surface area contributed by atoms with Crippen LogP contribution in [-0.2, 0) is 0 Å². The van der Waals surface area contributed by atoms with Crippen LogP contribution in [0, 0.1) is 233 Å². The van der Waals surface area contributed by atoms with Gasteiger partial charge in [-0.15, -0.1) is 0 Å². The molecule has 0 saturated carbocycles. The molecule has 1 radical (unpaired) electrons. The van der Waals surface area contributed by atoms with Gasteiger partial charge in [0.2, 0.25) is 46.5 Å². The monoisotopic (exact) mass is 1500 g/mol. The zero-order valence-electron chi connectivity index (χ0n) is 46.3. The molecule has 98 heavy (non-hydrogen) atoms. The summed E-state index contributed by atoms with van der Waals surface area (Å²) in [5.74, 6) is -107. The second kappa shape index (κ2) is 33.1. The molecule has 8 aromatic rings. The molecule has 533 valence electrons. The van der Waals surface area contributed by atoms with Crippen molar-refractivity contribution < 1.29 is 186 Å². The molecule has 0 unspecified atom stereocenters. The Morgan fingerprint density at radius 1 is 0.153 bits per heavy atom. The number of hydrogen-bond acceptors (Lipinski definition) is 2. The normalized spacial score (nSPS) is 10.9. The molecule has 2 nitrogen and oxygen atoms in total. The Kier molecular flexibility index (Phi) is 28.2. The van der Waals surface area contributed by atoms with E-state index in [0.29, 0.717) is 0 Å². The molecule has 0 bridgehead atoms. The van der Waals surface area contributed by atoms with Crippen LogP contribution in [0.5, 0.6) is 0 Å². The Morgan fingerprint density at radius 3 is 0.245 bits per heavy atom. The summed E-state index contributed by atoms with van der Waals surface area (Å²) in [6.07, 6.45) is 0. The highest BCUT2D eigenvalue weighted by Gasteiger charge is 2.39. The van der Waals surface area contributed by atoms with Gasteiger partial charge in [-0.05, 0) is 0 Å². The van der Waals surface area contributed by atoms with Crippen LogP contribution < -0.4 is 0 Å². The minimum Gasteiger partial charge on any atom is -0.429 e. The molecule has 0 aliphatic carbocycles. The Balaban J connectivity index is 0.000000324. The van der Waals surface area contributed by atoms with Gasteiger partial charge in [0.05, 0.1) is 44.5 Å². The number of benzene rings is 8. The van der Waals surface area contributed by atoms with E-state index in [-0.39, 0.29) is 16.5 Å². The van der Waals surface area contributed by atoms with Gasteiger partial charge in [-0.2, -0.15) is 0 Å². The van der Waals surface area contributed by atoms with Gasteiger partial charge in [0.1, 0.15) is 0 Å². The SMILES string of the molecule is CC[SiH](CC)CC.Fc1c(F)c(F)c(-c2c(F)c(F)c(F)c(F)c2F)c(F)c1F.Fc1c(F)c(F)c(-c2c(F)c(F)c(F)c(F)c2F)c(F)c1F.Fc1c(F)c(F)c(-c2c(F)c(F)c(F)c(F)c2F)c(F)c1F.Fc1c(F)c(F)c(-c2c(F)c(F)c(F)c(F)c2F)c(F)c1F.O[B]O. The molecule has 0 aliphatic heterocycles. The van der Waals surface area contributed by atoms with Crippen molar-refractivity contribution in [3.8, 4) is 44.5 Å². The molecule has 0 saturated heterocycles. The van der Waals surface area contributed by atoms with E-state index in [4.69, 9.17) is 10.0 Å². The van der Waals surface area contributed by atoms with E-state index in [2.05, 4.69) is 20.8 Å². The van der Waals surface area contributed by atoms with Crippen LogP contribution in [0.3, 0.4) is 0 Å². The van der Waals surface area contributed by atoms with Crippen LogP contribution in [0.2, 0.25) is 18.1 Å². The predicted octanol–water partition coefficient (Wildman–Crippen LogP) is 19.8. The zero-order chi connectivity index (χ0) is 76.1. The smallest absolute Gasteiger partial charge is 0.429 e. The van der Waals surface area contributed by atoms with Crippen LogP contribution in [0.15, 0.2) is 0 Å². The third-order valence-corrected chi connectivity index (χ3v) is 15.9. The minimum absolute atomic E-state index is 0. The fourth-order valence-corrected chi connectivity index (χ4v) is 9.19. The highest BCUT2D eigenvalue weighted by Crippen LogP contribution is 2.42. The fourth-order valence-electron chi connectivity index (χ4n) is 7.46. The first-order chi connectivity index (χ1) is 45.2. The summed E-state index contributed by atoms with van der Waals surface area (Å²) < 4.78 is 525. The van der Waals surface area contributed by atoms with Crippen molar-refractivity contribution in [2.24, 2.45) is 0 Å². The second-order valence-electron chi connectivity index (χ2n) is 17.8. The fraction of sp³-hybridized carbons (Fsp3) is 0.111. The highest BCUT2D eigenvalue weighted by molar-refractivity contribution is 6.58. The first kappa shape index (κ1) is 83.4. The van der Waals surface area contributed by atoms with E-state index in [1.165, 1.54) is 18.1 Å². The largest absolute Gasteiger partial charge is 0.482 e. The molecular weight excluding hydrogens is 1480 g/mol. The zero-order valence-corrected chi connectivity index (χ0v) is 47.4. The van der Waals surface area contributed by atoms with Gasteiger partial charge < -0.3 is 10.0 Å². The number of rotatable bonds is 7. The van der Waals surface area contributed by atoms with Crippen molar-refractivity contribution >= 4 is 16.5 Å². The first-order valence-electron chi connectivity index (χ1n) is 24.4. The molecule has 0 aromatic heterocycles. The lowest BCUT2D eigenvalue weighted by Crippen LogP contribution is -2.10. The molecule has 0 spiro atoms. The third-order valence-electron chi connectivity index (χ3n) is 12.4. The van der Waals surface area contributed by atoms with Crippen molar-refractivity contribution in [2.45, 2.75) is 38.9 Å². The van der Waals surface area contributed by atoms with Gasteiger partial charge in [0.25, 0.3) is 0 Å². The summed E-state index contributed by atoms with van der Waals surface area (Å²) in [6, 6.07) is 4.48. The quantitative estimate of drug-likeness (QED) is 0.0723. The molecule has 2 N–H and O–H groups in total. The number of hydrogen-bond donors (Lipinski definition) is 2. The average Bonchev–Trinajstić information content (AvgIpc) is 0.773. The molecule has 8 aromatic carbocycles. The van der Waals surface area contributed by atoms with Gasteiger partial charge in [0.15, 0.2) is 186 Å². The van der Waals surface area contributed by atoms with Crippen molar-refractivity contribution in [1.29, 1.82) is 0 Å². The molecule has 0 heterocycles. The minimum atomic E-state index is -2.68. The van der Waals surface area contributed by atoms with E-state index in [9.17, 15) is 176 Å². The van der Waals surface area contributed by atoms with Gasteiger partial charge in [-0.25, -0.2) is 176 Å². The van der Waals surface area contributed by atoms with E-state index in [1.807, 2.05) is 0 Å². The van der Waals surface area contributed by atoms with Crippen LogP contribution in [-0.4, -0.2) is 26.5 Å². The van der Waals surface area contributed by atoms with Crippen molar-refractivity contribution in [2.75, 3.05) is 0 Å². The predicted molar refractivity (Wildman–Crippen MR) is 255 cm³/mol. The summed E-state index contributed by atoms with van der Waals surface area (Å²) in [7, 11) is -0.171. The van der Waals surface area contributed by atoms with E-state index in [0.717, 1.165) is 0 Å². The lowest BCUT2D eigenvalue weighted by molar-refractivity contribution is 0.370. The maximum atomic E-state index is 13.4. The maximum absolute atomic E-state index is 13.4. The molecule has 0 fully saturated rings. The second-order valence-corrected chi connectivity index (χ2v) is 21.9. The Bertz CT molecular complexity index is 3380. The highest BCUT2D eigenvalue weighted by atomic mass is 28.3. The van der Waals surface area contributed by atoms with E-state index >= 15 is 0 Å². The summed E-state index contributed by atoms with van der Waals surface area (Å²) in [5, 5.41) is 14.0.